The lowest BCUT2D eigenvalue weighted by Gasteiger charge is -2.11. The zero-order valence-electron chi connectivity index (χ0n) is 16.3. The first-order valence-corrected chi connectivity index (χ1v) is 9.29. The summed E-state index contributed by atoms with van der Waals surface area (Å²) < 4.78 is 10.7. The van der Waals surface area contributed by atoms with Gasteiger partial charge in [-0.15, -0.1) is 0 Å². The molecule has 146 valence electrons. The van der Waals surface area contributed by atoms with Gasteiger partial charge in [0.1, 0.15) is 0 Å². The Morgan fingerprint density at radius 3 is 2.24 bits per heavy atom. The third kappa shape index (κ3) is 4.38. The molecule has 2 N–H and O–H groups in total. The molecule has 0 saturated carbocycles. The van der Waals surface area contributed by atoms with Crippen LogP contribution in [-0.4, -0.2) is 24.2 Å². The SMILES string of the molecule is COc1cc2cnc(Nc3ccc(NCc4ccccc4)cc3)nc2cc1OC. The van der Waals surface area contributed by atoms with Gasteiger partial charge in [0.05, 0.1) is 19.7 Å². The molecule has 0 unspecified atom stereocenters. The number of fused-ring (bicyclic) bond motifs is 1. The minimum Gasteiger partial charge on any atom is -0.493 e. The fourth-order valence-electron chi connectivity index (χ4n) is 3.02. The Bertz CT molecular complexity index is 1100. The van der Waals surface area contributed by atoms with Gasteiger partial charge in [-0.1, -0.05) is 30.3 Å². The molecule has 0 aliphatic carbocycles. The van der Waals surface area contributed by atoms with Crippen molar-refractivity contribution in [2.24, 2.45) is 0 Å². The van der Waals surface area contributed by atoms with Crippen molar-refractivity contribution >= 4 is 28.2 Å². The van der Waals surface area contributed by atoms with Crippen LogP contribution in [-0.2, 0) is 6.54 Å². The van der Waals surface area contributed by atoms with Crippen LogP contribution in [0.5, 0.6) is 11.5 Å². The fourth-order valence-corrected chi connectivity index (χ4v) is 3.02. The molecule has 0 bridgehead atoms. The number of methoxy groups -OCH3 is 2. The summed E-state index contributed by atoms with van der Waals surface area (Å²) in [6, 6.07) is 22.1. The van der Waals surface area contributed by atoms with Crippen LogP contribution in [0, 0.1) is 0 Å². The molecule has 0 saturated heterocycles. The second-order valence-corrected chi connectivity index (χ2v) is 6.50. The molecule has 0 aliphatic heterocycles. The predicted octanol–water partition coefficient (Wildman–Crippen LogP) is 5.00. The van der Waals surface area contributed by atoms with E-state index in [1.165, 1.54) is 5.56 Å². The standard InChI is InChI=1S/C23H22N4O2/c1-28-21-12-17-15-25-23(27-20(17)13-22(21)29-2)26-19-10-8-18(9-11-19)24-14-16-6-4-3-5-7-16/h3-13,15,24H,14H2,1-2H3,(H,25,26,27). The minimum absolute atomic E-state index is 0.523. The maximum Gasteiger partial charge on any atom is 0.227 e. The van der Waals surface area contributed by atoms with E-state index >= 15 is 0 Å². The Morgan fingerprint density at radius 1 is 0.828 bits per heavy atom. The van der Waals surface area contributed by atoms with Gasteiger partial charge in [-0.2, -0.15) is 0 Å². The molecule has 0 radical (unpaired) electrons. The van der Waals surface area contributed by atoms with Crippen LogP contribution in [0.4, 0.5) is 17.3 Å². The number of benzene rings is 3. The summed E-state index contributed by atoms with van der Waals surface area (Å²) >= 11 is 0. The normalized spacial score (nSPS) is 10.6. The van der Waals surface area contributed by atoms with Crippen LogP contribution in [0.15, 0.2) is 72.9 Å². The molecule has 0 spiro atoms. The zero-order chi connectivity index (χ0) is 20.1. The molecule has 29 heavy (non-hydrogen) atoms. The van der Waals surface area contributed by atoms with Crippen LogP contribution in [0.1, 0.15) is 5.56 Å². The van der Waals surface area contributed by atoms with E-state index in [1.807, 2.05) is 54.6 Å². The molecular formula is C23H22N4O2. The number of aromatic nitrogens is 2. The van der Waals surface area contributed by atoms with Gasteiger partial charge < -0.3 is 20.1 Å². The first-order chi connectivity index (χ1) is 14.2. The summed E-state index contributed by atoms with van der Waals surface area (Å²) in [7, 11) is 3.22. The van der Waals surface area contributed by atoms with Crippen LogP contribution in [0.25, 0.3) is 10.9 Å². The summed E-state index contributed by atoms with van der Waals surface area (Å²) in [5, 5.41) is 7.54. The first kappa shape index (κ1) is 18.6. The van der Waals surface area contributed by atoms with Crippen molar-refractivity contribution < 1.29 is 9.47 Å². The number of rotatable bonds is 7. The molecule has 0 atom stereocenters. The van der Waals surface area contributed by atoms with Crippen molar-refractivity contribution in [3.05, 3.63) is 78.5 Å². The van der Waals surface area contributed by atoms with Gasteiger partial charge in [0.15, 0.2) is 11.5 Å². The lowest BCUT2D eigenvalue weighted by molar-refractivity contribution is 0.356. The topological polar surface area (TPSA) is 68.3 Å². The van der Waals surface area contributed by atoms with Crippen molar-refractivity contribution in [1.82, 2.24) is 9.97 Å². The van der Waals surface area contributed by atoms with Crippen LogP contribution in [0.3, 0.4) is 0 Å². The highest BCUT2D eigenvalue weighted by Crippen LogP contribution is 2.31. The number of hydrogen-bond donors (Lipinski definition) is 2. The molecule has 0 fully saturated rings. The largest absolute Gasteiger partial charge is 0.493 e. The van der Waals surface area contributed by atoms with E-state index in [0.29, 0.717) is 17.4 Å². The second kappa shape index (κ2) is 8.48. The second-order valence-electron chi connectivity index (χ2n) is 6.50. The van der Waals surface area contributed by atoms with Crippen LogP contribution in [0.2, 0.25) is 0 Å². The molecule has 0 aliphatic rings. The monoisotopic (exact) mass is 386 g/mol. The van der Waals surface area contributed by atoms with E-state index in [4.69, 9.17) is 9.47 Å². The highest BCUT2D eigenvalue weighted by atomic mass is 16.5. The van der Waals surface area contributed by atoms with E-state index in [0.717, 1.165) is 28.8 Å². The van der Waals surface area contributed by atoms with Gasteiger partial charge in [-0.25, -0.2) is 9.97 Å². The van der Waals surface area contributed by atoms with Crippen LogP contribution >= 0.6 is 0 Å². The number of ether oxygens (including phenoxy) is 2. The molecular weight excluding hydrogens is 364 g/mol. The number of hydrogen-bond acceptors (Lipinski definition) is 6. The van der Waals surface area contributed by atoms with Gasteiger partial charge in [0.2, 0.25) is 5.95 Å². The molecule has 4 rings (SSSR count). The van der Waals surface area contributed by atoms with Crippen molar-refractivity contribution in [2.45, 2.75) is 6.54 Å². The highest BCUT2D eigenvalue weighted by Gasteiger charge is 2.08. The maximum absolute atomic E-state index is 5.36. The Kier molecular flexibility index (Phi) is 5.42. The Morgan fingerprint density at radius 2 is 1.52 bits per heavy atom. The van der Waals surface area contributed by atoms with Gasteiger partial charge in [0, 0.05) is 35.6 Å². The molecule has 1 aromatic heterocycles. The first-order valence-electron chi connectivity index (χ1n) is 9.29. The Hall–Kier alpha value is -3.80. The van der Waals surface area contributed by atoms with Crippen molar-refractivity contribution in [1.29, 1.82) is 0 Å². The lowest BCUT2D eigenvalue weighted by atomic mass is 10.2. The smallest absolute Gasteiger partial charge is 0.227 e. The maximum atomic E-state index is 5.36. The quantitative estimate of drug-likeness (QED) is 0.466. The molecule has 3 aromatic carbocycles. The van der Waals surface area contributed by atoms with Gasteiger partial charge >= 0.3 is 0 Å². The summed E-state index contributed by atoms with van der Waals surface area (Å²) in [5.41, 5.74) is 3.98. The van der Waals surface area contributed by atoms with Crippen molar-refractivity contribution in [3.63, 3.8) is 0 Å². The molecule has 6 nitrogen and oxygen atoms in total. The third-order valence-electron chi connectivity index (χ3n) is 4.57. The Labute approximate surface area is 169 Å². The number of nitrogens with zero attached hydrogens (tertiary/aromatic N) is 2. The van der Waals surface area contributed by atoms with Gasteiger partial charge in [0.25, 0.3) is 0 Å². The molecule has 0 amide bonds. The van der Waals surface area contributed by atoms with Crippen molar-refractivity contribution in [3.8, 4) is 11.5 Å². The summed E-state index contributed by atoms with van der Waals surface area (Å²) in [6.07, 6.45) is 1.77. The average Bonchev–Trinajstić information content (AvgIpc) is 2.78. The van der Waals surface area contributed by atoms with Gasteiger partial charge in [-0.05, 0) is 35.9 Å². The molecule has 4 aromatic rings. The zero-order valence-corrected chi connectivity index (χ0v) is 16.3. The van der Waals surface area contributed by atoms with E-state index < -0.39 is 0 Å². The Balaban J connectivity index is 1.46. The van der Waals surface area contributed by atoms with Crippen LogP contribution < -0.4 is 20.1 Å². The predicted molar refractivity (Wildman–Crippen MR) is 116 cm³/mol. The van der Waals surface area contributed by atoms with Crippen molar-refractivity contribution in [2.75, 3.05) is 24.9 Å². The summed E-state index contributed by atoms with van der Waals surface area (Å²) in [6.45, 7) is 0.784. The van der Waals surface area contributed by atoms with E-state index in [1.54, 1.807) is 20.4 Å². The molecule has 6 heteroatoms. The average molecular weight is 386 g/mol. The fraction of sp³-hybridized carbons (Fsp3) is 0.130. The van der Waals surface area contributed by atoms with Gasteiger partial charge in [-0.3, -0.25) is 0 Å². The van der Waals surface area contributed by atoms with E-state index in [2.05, 4.69) is 32.7 Å². The minimum atomic E-state index is 0.523. The highest BCUT2D eigenvalue weighted by molar-refractivity contribution is 5.83. The number of nitrogens with one attached hydrogen (secondary N) is 2. The molecule has 1 heterocycles. The summed E-state index contributed by atoms with van der Waals surface area (Å²) in [5.74, 6) is 1.82. The van der Waals surface area contributed by atoms with E-state index in [9.17, 15) is 0 Å². The summed E-state index contributed by atoms with van der Waals surface area (Å²) in [4.78, 5) is 8.98. The number of anilines is 3. The lowest BCUT2D eigenvalue weighted by Crippen LogP contribution is -2.00. The third-order valence-corrected chi connectivity index (χ3v) is 4.57. The van der Waals surface area contributed by atoms with E-state index in [-0.39, 0.29) is 0 Å².